The van der Waals surface area contributed by atoms with Gasteiger partial charge in [-0.15, -0.1) is 0 Å². The van der Waals surface area contributed by atoms with Gasteiger partial charge in [0.2, 0.25) is 11.8 Å². The van der Waals surface area contributed by atoms with E-state index >= 15 is 0 Å². The molecule has 0 bridgehead atoms. The van der Waals surface area contributed by atoms with Crippen LogP contribution in [0.2, 0.25) is 0 Å². The normalized spacial score (nSPS) is 13.2. The first kappa shape index (κ1) is 21.4. The minimum Gasteiger partial charge on any atom is -0.350 e. The fourth-order valence-electron chi connectivity index (χ4n) is 3.03. The molecule has 0 fully saturated rings. The molecule has 3 aromatic rings. The highest BCUT2D eigenvalue weighted by Crippen LogP contribution is 2.12. The second-order valence-corrected chi connectivity index (χ2v) is 7.51. The van der Waals surface area contributed by atoms with Crippen molar-refractivity contribution >= 4 is 22.8 Å². The third-order valence-electron chi connectivity index (χ3n) is 5.04. The number of likely N-dealkylation sites (N-methyl/N-ethyl adjacent to an activating group) is 1. The summed E-state index contributed by atoms with van der Waals surface area (Å²) >= 11 is 0. The largest absolute Gasteiger partial charge is 0.350 e. The number of hydrogen-bond donors (Lipinski definition) is 3. The van der Waals surface area contributed by atoms with Gasteiger partial charge in [-0.05, 0) is 56.4 Å². The zero-order valence-corrected chi connectivity index (χ0v) is 17.3. The van der Waals surface area contributed by atoms with Crippen LogP contribution in [0.5, 0.6) is 0 Å². The number of aromatic nitrogens is 2. The molecule has 3 rings (SSSR count). The number of benzene rings is 1. The second-order valence-electron chi connectivity index (χ2n) is 7.51. The Labute approximate surface area is 174 Å². The number of nitrogens with one attached hydrogen (secondary N) is 3. The topological polar surface area (TPSA) is 90.1 Å². The number of rotatable bonds is 8. The molecule has 0 spiro atoms. The summed E-state index contributed by atoms with van der Waals surface area (Å²) in [5.74, 6) is -0.995. The molecular formula is C22H26FN5O2. The molecule has 2 amide bonds. The van der Waals surface area contributed by atoms with Gasteiger partial charge < -0.3 is 15.6 Å². The van der Waals surface area contributed by atoms with Crippen LogP contribution in [0.3, 0.4) is 0 Å². The highest BCUT2D eigenvalue weighted by Gasteiger charge is 2.24. The Morgan fingerprint density at radius 1 is 1.17 bits per heavy atom. The number of pyridine rings is 1. The van der Waals surface area contributed by atoms with E-state index in [-0.39, 0.29) is 30.6 Å². The van der Waals surface area contributed by atoms with E-state index in [2.05, 4.69) is 20.6 Å². The van der Waals surface area contributed by atoms with Crippen LogP contribution >= 0.6 is 0 Å². The highest BCUT2D eigenvalue weighted by atomic mass is 19.1. The van der Waals surface area contributed by atoms with Crippen LogP contribution in [0.1, 0.15) is 18.1 Å². The number of nitrogens with zero attached hydrogens (tertiary/aromatic N) is 2. The second kappa shape index (κ2) is 9.49. The van der Waals surface area contributed by atoms with Crippen LogP contribution in [0.4, 0.5) is 4.39 Å². The molecule has 0 aliphatic carbocycles. The van der Waals surface area contributed by atoms with Gasteiger partial charge in [0.25, 0.3) is 0 Å². The van der Waals surface area contributed by atoms with Gasteiger partial charge in [0.1, 0.15) is 17.5 Å². The number of carbonyl (C=O) groups is 2. The first-order valence-electron chi connectivity index (χ1n) is 9.74. The van der Waals surface area contributed by atoms with Crippen molar-refractivity contribution in [1.82, 2.24) is 25.5 Å². The van der Waals surface area contributed by atoms with Gasteiger partial charge in [0.15, 0.2) is 0 Å². The van der Waals surface area contributed by atoms with E-state index in [9.17, 15) is 14.0 Å². The monoisotopic (exact) mass is 411 g/mol. The van der Waals surface area contributed by atoms with Crippen LogP contribution < -0.4 is 10.6 Å². The summed E-state index contributed by atoms with van der Waals surface area (Å²) in [6.45, 7) is 2.02. The molecular weight excluding hydrogens is 385 g/mol. The van der Waals surface area contributed by atoms with Crippen LogP contribution in [0.15, 0.2) is 48.8 Å². The number of H-pyrrole nitrogens is 1. The third-order valence-corrected chi connectivity index (χ3v) is 5.04. The maximum absolute atomic E-state index is 13.6. The van der Waals surface area contributed by atoms with Crippen molar-refractivity contribution in [3.05, 3.63) is 65.7 Å². The summed E-state index contributed by atoms with van der Waals surface area (Å²) in [7, 11) is 3.58. The van der Waals surface area contributed by atoms with E-state index in [0.29, 0.717) is 5.56 Å². The Bertz CT molecular complexity index is 1030. The Kier molecular flexibility index (Phi) is 6.79. The van der Waals surface area contributed by atoms with Gasteiger partial charge >= 0.3 is 0 Å². The lowest BCUT2D eigenvalue weighted by Gasteiger charge is -2.24. The molecule has 0 saturated heterocycles. The van der Waals surface area contributed by atoms with E-state index in [1.165, 1.54) is 12.1 Å². The fraction of sp³-hybridized carbons (Fsp3) is 0.318. The van der Waals surface area contributed by atoms with Crippen LogP contribution in [0.25, 0.3) is 11.0 Å². The summed E-state index contributed by atoms with van der Waals surface area (Å²) in [5.41, 5.74) is 2.25. The van der Waals surface area contributed by atoms with Gasteiger partial charge in [-0.1, -0.05) is 12.1 Å². The number of halogens is 1. The van der Waals surface area contributed by atoms with Crippen LogP contribution in [-0.2, 0) is 22.6 Å². The molecule has 0 saturated carbocycles. The summed E-state index contributed by atoms with van der Waals surface area (Å²) < 4.78 is 13.6. The quantitative estimate of drug-likeness (QED) is 0.529. The SMILES string of the molecule is C[C@@H](C(=O)N[C@@H](Cc1cccc(F)c1)C(=O)NCc1cnc2[nH]ccc2c1)N(C)C. The molecule has 0 unspecified atom stereocenters. The number of aromatic amines is 1. The van der Waals surface area contributed by atoms with E-state index in [1.807, 2.05) is 12.1 Å². The fourth-order valence-corrected chi connectivity index (χ4v) is 3.03. The van der Waals surface area contributed by atoms with Crippen molar-refractivity contribution in [2.45, 2.75) is 32.0 Å². The van der Waals surface area contributed by atoms with Crippen molar-refractivity contribution in [2.24, 2.45) is 0 Å². The highest BCUT2D eigenvalue weighted by molar-refractivity contribution is 5.89. The Morgan fingerprint density at radius 2 is 1.97 bits per heavy atom. The number of fused-ring (bicyclic) bond motifs is 1. The zero-order chi connectivity index (χ0) is 21.7. The molecule has 2 aromatic heterocycles. The molecule has 0 aliphatic rings. The molecule has 1 aromatic carbocycles. The molecule has 2 atom stereocenters. The van der Waals surface area contributed by atoms with E-state index in [4.69, 9.17) is 0 Å². The van der Waals surface area contributed by atoms with Crippen LogP contribution in [0, 0.1) is 5.82 Å². The van der Waals surface area contributed by atoms with Gasteiger partial charge in [-0.3, -0.25) is 14.5 Å². The summed E-state index contributed by atoms with van der Waals surface area (Å²) in [4.78, 5) is 34.5. The van der Waals surface area contributed by atoms with Crippen LogP contribution in [-0.4, -0.2) is 52.9 Å². The maximum atomic E-state index is 13.6. The molecule has 7 nitrogen and oxygen atoms in total. The summed E-state index contributed by atoms with van der Waals surface area (Å²) in [6, 6.07) is 8.63. The molecule has 0 aliphatic heterocycles. The van der Waals surface area contributed by atoms with E-state index in [0.717, 1.165) is 16.6 Å². The first-order valence-corrected chi connectivity index (χ1v) is 9.74. The number of hydrogen-bond acceptors (Lipinski definition) is 4. The first-order chi connectivity index (χ1) is 14.3. The number of carbonyl (C=O) groups excluding carboxylic acids is 2. The van der Waals surface area contributed by atoms with Gasteiger partial charge in [0, 0.05) is 30.7 Å². The predicted molar refractivity (Wildman–Crippen MR) is 113 cm³/mol. The minimum atomic E-state index is -0.828. The van der Waals surface area contributed by atoms with Crippen molar-refractivity contribution in [2.75, 3.05) is 14.1 Å². The lowest BCUT2D eigenvalue weighted by Crippen LogP contribution is -2.52. The average Bonchev–Trinajstić information content (AvgIpc) is 3.18. The van der Waals surface area contributed by atoms with Crippen molar-refractivity contribution in [1.29, 1.82) is 0 Å². The lowest BCUT2D eigenvalue weighted by atomic mass is 10.0. The maximum Gasteiger partial charge on any atom is 0.243 e. The average molecular weight is 411 g/mol. The Morgan fingerprint density at radius 3 is 2.70 bits per heavy atom. The minimum absolute atomic E-state index is 0.185. The summed E-state index contributed by atoms with van der Waals surface area (Å²) in [5, 5.41) is 6.60. The van der Waals surface area contributed by atoms with Crippen molar-refractivity contribution < 1.29 is 14.0 Å². The molecule has 2 heterocycles. The molecule has 3 N–H and O–H groups in total. The summed E-state index contributed by atoms with van der Waals surface area (Å²) in [6.07, 6.45) is 3.68. The Balaban J connectivity index is 1.71. The zero-order valence-electron chi connectivity index (χ0n) is 17.3. The Hall–Kier alpha value is -3.26. The third kappa shape index (κ3) is 5.42. The molecule has 158 valence electrons. The van der Waals surface area contributed by atoms with E-state index < -0.39 is 12.1 Å². The van der Waals surface area contributed by atoms with E-state index in [1.54, 1.807) is 50.4 Å². The van der Waals surface area contributed by atoms with Crippen molar-refractivity contribution in [3.8, 4) is 0 Å². The van der Waals surface area contributed by atoms with Crippen molar-refractivity contribution in [3.63, 3.8) is 0 Å². The lowest BCUT2D eigenvalue weighted by molar-refractivity contribution is -0.131. The number of amides is 2. The smallest absolute Gasteiger partial charge is 0.243 e. The molecule has 30 heavy (non-hydrogen) atoms. The van der Waals surface area contributed by atoms with Gasteiger partial charge in [-0.25, -0.2) is 9.37 Å². The standard InChI is InChI=1S/C22H26FN5O2/c1-14(28(2)3)21(29)27-19(11-15-5-4-6-18(23)10-15)22(30)26-13-16-9-17-7-8-24-20(17)25-12-16/h4-10,12,14,19H,11,13H2,1-3H3,(H,24,25)(H,26,30)(H,27,29)/t14-,19-/m0/s1. The van der Waals surface area contributed by atoms with Gasteiger partial charge in [-0.2, -0.15) is 0 Å². The predicted octanol–water partition coefficient (Wildman–Crippen LogP) is 2.00. The van der Waals surface area contributed by atoms with Gasteiger partial charge in [0.05, 0.1) is 6.04 Å². The molecule has 8 heteroatoms. The molecule has 0 radical (unpaired) electrons.